The Bertz CT molecular complexity index is 1230. The van der Waals surface area contributed by atoms with Crippen LogP contribution in [0.15, 0.2) is 65.8 Å². The van der Waals surface area contributed by atoms with Gasteiger partial charge in [-0.1, -0.05) is 42.5 Å². The summed E-state index contributed by atoms with van der Waals surface area (Å²) >= 11 is 0. The molecule has 0 saturated heterocycles. The zero-order valence-corrected chi connectivity index (χ0v) is 17.5. The van der Waals surface area contributed by atoms with E-state index in [1.165, 1.54) is 21.8 Å². The van der Waals surface area contributed by atoms with Crippen LogP contribution in [-0.4, -0.2) is 23.3 Å². The normalized spacial score (nSPS) is 11.4. The third kappa shape index (κ3) is 3.79. The van der Waals surface area contributed by atoms with Crippen LogP contribution in [0, 0.1) is 13.8 Å². The molecule has 152 valence electrons. The minimum atomic E-state index is -0.294. The van der Waals surface area contributed by atoms with Crippen LogP contribution < -0.4 is 10.2 Å². The van der Waals surface area contributed by atoms with E-state index in [2.05, 4.69) is 58.4 Å². The zero-order valence-electron chi connectivity index (χ0n) is 17.5. The number of aryl methyl sites for hydroxylation is 3. The molecule has 0 aliphatic carbocycles. The Morgan fingerprint density at radius 1 is 1.00 bits per heavy atom. The SMILES string of the molecule is CCn1c2ccccc2c2cc(C=NNC(=O)COc3c(C)cccc3C)ccc21. The lowest BCUT2D eigenvalue weighted by Gasteiger charge is -2.10. The molecular formula is C25H25N3O2. The summed E-state index contributed by atoms with van der Waals surface area (Å²) in [5.74, 6) is 0.451. The van der Waals surface area contributed by atoms with E-state index in [4.69, 9.17) is 4.74 Å². The van der Waals surface area contributed by atoms with E-state index in [1.807, 2.05) is 38.1 Å². The fourth-order valence-electron chi connectivity index (χ4n) is 3.87. The van der Waals surface area contributed by atoms with Gasteiger partial charge in [0, 0.05) is 28.4 Å². The van der Waals surface area contributed by atoms with Crippen molar-refractivity contribution in [2.24, 2.45) is 5.10 Å². The number of carbonyl (C=O) groups is 1. The van der Waals surface area contributed by atoms with Gasteiger partial charge in [-0.15, -0.1) is 0 Å². The average molecular weight is 399 g/mol. The molecule has 0 fully saturated rings. The highest BCUT2D eigenvalue weighted by Gasteiger charge is 2.09. The highest BCUT2D eigenvalue weighted by Crippen LogP contribution is 2.29. The molecule has 0 aliphatic rings. The van der Waals surface area contributed by atoms with Crippen molar-refractivity contribution < 1.29 is 9.53 Å². The van der Waals surface area contributed by atoms with Crippen LogP contribution in [0.5, 0.6) is 5.75 Å². The van der Waals surface area contributed by atoms with Gasteiger partial charge in [0.15, 0.2) is 6.61 Å². The summed E-state index contributed by atoms with van der Waals surface area (Å²) < 4.78 is 7.97. The molecule has 0 aliphatic heterocycles. The first-order chi connectivity index (χ1) is 14.6. The average Bonchev–Trinajstić information content (AvgIpc) is 3.06. The van der Waals surface area contributed by atoms with E-state index >= 15 is 0 Å². The van der Waals surface area contributed by atoms with Gasteiger partial charge in [0.25, 0.3) is 5.91 Å². The number of amides is 1. The minimum Gasteiger partial charge on any atom is -0.483 e. The van der Waals surface area contributed by atoms with Gasteiger partial charge in [-0.3, -0.25) is 4.79 Å². The number of para-hydroxylation sites is 2. The Labute approximate surface area is 176 Å². The van der Waals surface area contributed by atoms with E-state index < -0.39 is 0 Å². The monoisotopic (exact) mass is 399 g/mol. The van der Waals surface area contributed by atoms with Crippen molar-refractivity contribution in [1.29, 1.82) is 0 Å². The summed E-state index contributed by atoms with van der Waals surface area (Å²) in [6, 6.07) is 20.5. The largest absolute Gasteiger partial charge is 0.483 e. The maximum absolute atomic E-state index is 12.1. The lowest BCUT2D eigenvalue weighted by molar-refractivity contribution is -0.123. The number of rotatable bonds is 6. The zero-order chi connectivity index (χ0) is 21.1. The van der Waals surface area contributed by atoms with E-state index in [0.717, 1.165) is 29.0 Å². The Hall–Kier alpha value is -3.60. The van der Waals surface area contributed by atoms with Gasteiger partial charge in [-0.2, -0.15) is 5.10 Å². The molecule has 0 radical (unpaired) electrons. The molecule has 4 rings (SSSR count). The second kappa shape index (κ2) is 8.41. The minimum absolute atomic E-state index is 0.0773. The van der Waals surface area contributed by atoms with Crippen molar-refractivity contribution in [2.75, 3.05) is 6.61 Å². The predicted octanol–water partition coefficient (Wildman–Crippen LogP) is 4.96. The molecular weight excluding hydrogens is 374 g/mol. The number of carbonyl (C=O) groups excluding carboxylic acids is 1. The highest BCUT2D eigenvalue weighted by atomic mass is 16.5. The molecule has 0 bridgehead atoms. The van der Waals surface area contributed by atoms with Gasteiger partial charge in [0.1, 0.15) is 5.75 Å². The van der Waals surface area contributed by atoms with Crippen molar-refractivity contribution in [2.45, 2.75) is 27.3 Å². The maximum atomic E-state index is 12.1. The first-order valence-corrected chi connectivity index (χ1v) is 10.1. The third-order valence-corrected chi connectivity index (χ3v) is 5.27. The number of hydrogen-bond donors (Lipinski definition) is 1. The standard InChI is InChI=1S/C25H25N3O2/c1-4-28-22-11-6-5-10-20(22)21-14-19(12-13-23(21)28)15-26-27-24(29)16-30-25-17(2)8-7-9-18(25)3/h5-15H,4,16H2,1-3H3,(H,27,29). The third-order valence-electron chi connectivity index (χ3n) is 5.27. The van der Waals surface area contributed by atoms with Crippen LogP contribution in [-0.2, 0) is 11.3 Å². The number of fused-ring (bicyclic) bond motifs is 3. The Kier molecular flexibility index (Phi) is 5.53. The number of ether oxygens (including phenoxy) is 1. The summed E-state index contributed by atoms with van der Waals surface area (Å²) in [6.45, 7) is 6.91. The number of nitrogens with zero attached hydrogens (tertiary/aromatic N) is 2. The van der Waals surface area contributed by atoms with Crippen LogP contribution in [0.4, 0.5) is 0 Å². The van der Waals surface area contributed by atoms with E-state index in [9.17, 15) is 4.79 Å². The molecule has 0 unspecified atom stereocenters. The molecule has 5 heteroatoms. The first kappa shape index (κ1) is 19.7. The van der Waals surface area contributed by atoms with E-state index in [0.29, 0.717) is 0 Å². The summed E-state index contributed by atoms with van der Waals surface area (Å²) in [6.07, 6.45) is 1.66. The Balaban J connectivity index is 1.46. The molecule has 0 spiro atoms. The van der Waals surface area contributed by atoms with Crippen molar-refractivity contribution in [3.63, 3.8) is 0 Å². The Morgan fingerprint density at radius 3 is 2.50 bits per heavy atom. The van der Waals surface area contributed by atoms with Gasteiger partial charge >= 0.3 is 0 Å². The summed E-state index contributed by atoms with van der Waals surface area (Å²) in [5, 5.41) is 6.50. The summed E-state index contributed by atoms with van der Waals surface area (Å²) in [5.41, 5.74) is 7.90. The van der Waals surface area contributed by atoms with Crippen molar-refractivity contribution in [3.05, 3.63) is 77.4 Å². The van der Waals surface area contributed by atoms with Crippen LogP contribution in [0.3, 0.4) is 0 Å². The molecule has 1 heterocycles. The van der Waals surface area contributed by atoms with Gasteiger partial charge < -0.3 is 9.30 Å². The molecule has 30 heavy (non-hydrogen) atoms. The second-order valence-electron chi connectivity index (χ2n) is 7.34. The Morgan fingerprint density at radius 2 is 1.73 bits per heavy atom. The van der Waals surface area contributed by atoms with Gasteiger partial charge in [-0.05, 0) is 55.7 Å². The number of nitrogens with one attached hydrogen (secondary N) is 1. The van der Waals surface area contributed by atoms with Crippen LogP contribution in [0.2, 0.25) is 0 Å². The predicted molar refractivity (Wildman–Crippen MR) is 122 cm³/mol. The first-order valence-electron chi connectivity index (χ1n) is 10.1. The van der Waals surface area contributed by atoms with E-state index in [-0.39, 0.29) is 12.5 Å². The molecule has 1 amide bonds. The van der Waals surface area contributed by atoms with Gasteiger partial charge in [-0.25, -0.2) is 5.43 Å². The number of hydrazone groups is 1. The molecule has 0 atom stereocenters. The lowest BCUT2D eigenvalue weighted by atomic mass is 10.1. The fourth-order valence-corrected chi connectivity index (χ4v) is 3.87. The van der Waals surface area contributed by atoms with Crippen molar-refractivity contribution in [3.8, 4) is 5.75 Å². The van der Waals surface area contributed by atoms with E-state index in [1.54, 1.807) is 6.21 Å². The summed E-state index contributed by atoms with van der Waals surface area (Å²) in [7, 11) is 0. The fraction of sp³-hybridized carbons (Fsp3) is 0.200. The van der Waals surface area contributed by atoms with Crippen LogP contribution in [0.25, 0.3) is 21.8 Å². The molecule has 3 aromatic carbocycles. The van der Waals surface area contributed by atoms with Crippen molar-refractivity contribution in [1.82, 2.24) is 9.99 Å². The smallest absolute Gasteiger partial charge is 0.277 e. The molecule has 4 aromatic rings. The molecule has 5 nitrogen and oxygen atoms in total. The lowest BCUT2D eigenvalue weighted by Crippen LogP contribution is -2.25. The molecule has 1 aromatic heterocycles. The highest BCUT2D eigenvalue weighted by molar-refractivity contribution is 6.09. The quantitative estimate of drug-likeness (QED) is 0.368. The van der Waals surface area contributed by atoms with Gasteiger partial charge in [0.2, 0.25) is 0 Å². The molecule has 0 saturated carbocycles. The number of benzene rings is 3. The molecule has 1 N–H and O–H groups in total. The second-order valence-corrected chi connectivity index (χ2v) is 7.34. The van der Waals surface area contributed by atoms with Crippen LogP contribution in [0.1, 0.15) is 23.6 Å². The van der Waals surface area contributed by atoms with Gasteiger partial charge in [0.05, 0.1) is 6.21 Å². The number of hydrogen-bond acceptors (Lipinski definition) is 3. The summed E-state index contributed by atoms with van der Waals surface area (Å²) in [4.78, 5) is 12.1. The van der Waals surface area contributed by atoms with Crippen LogP contribution >= 0.6 is 0 Å². The topological polar surface area (TPSA) is 55.6 Å². The van der Waals surface area contributed by atoms with Crippen molar-refractivity contribution >= 4 is 33.9 Å². The number of aromatic nitrogens is 1. The maximum Gasteiger partial charge on any atom is 0.277 e.